The van der Waals surface area contributed by atoms with Crippen LogP contribution in [0.15, 0.2) is 42.6 Å². The van der Waals surface area contributed by atoms with Crippen LogP contribution in [0.3, 0.4) is 0 Å². The van der Waals surface area contributed by atoms with Crippen molar-refractivity contribution < 1.29 is 9.53 Å². The van der Waals surface area contributed by atoms with E-state index < -0.39 is 0 Å². The fourth-order valence-electron chi connectivity index (χ4n) is 2.31. The van der Waals surface area contributed by atoms with E-state index in [1.807, 2.05) is 4.90 Å². The highest BCUT2D eigenvalue weighted by molar-refractivity contribution is 6.30. The fraction of sp³-hybridized carbons (Fsp3) is 0.250. The fourth-order valence-corrected chi connectivity index (χ4v) is 2.42. The number of hydrogen-bond acceptors (Lipinski definition) is 3. The maximum absolute atomic E-state index is 12.2. The summed E-state index contributed by atoms with van der Waals surface area (Å²) in [6, 6.07) is 10.5. The van der Waals surface area contributed by atoms with E-state index in [-0.39, 0.29) is 5.91 Å². The molecule has 108 valence electrons. The van der Waals surface area contributed by atoms with Crippen LogP contribution in [0.5, 0.6) is 11.6 Å². The number of amides is 1. The van der Waals surface area contributed by atoms with Gasteiger partial charge in [0, 0.05) is 30.9 Å². The molecule has 21 heavy (non-hydrogen) atoms. The molecule has 1 aliphatic rings. The van der Waals surface area contributed by atoms with Gasteiger partial charge in [-0.1, -0.05) is 11.6 Å². The molecule has 0 N–H and O–H groups in total. The molecule has 0 radical (unpaired) electrons. The second-order valence-corrected chi connectivity index (χ2v) is 5.38. The Bertz CT molecular complexity index is 620. The predicted octanol–water partition coefficient (Wildman–Crippen LogP) is 3.76. The van der Waals surface area contributed by atoms with Crippen molar-refractivity contribution in [2.75, 3.05) is 13.1 Å². The number of halogens is 1. The van der Waals surface area contributed by atoms with Gasteiger partial charge in [-0.15, -0.1) is 0 Å². The molecule has 5 heteroatoms. The van der Waals surface area contributed by atoms with E-state index in [0.717, 1.165) is 25.9 Å². The highest BCUT2D eigenvalue weighted by Gasteiger charge is 2.19. The molecule has 1 amide bonds. The maximum atomic E-state index is 12.2. The summed E-state index contributed by atoms with van der Waals surface area (Å²) in [6.45, 7) is 1.71. The molecule has 1 fully saturated rings. The van der Waals surface area contributed by atoms with E-state index in [1.54, 1.807) is 36.4 Å². The number of hydrogen-bond donors (Lipinski definition) is 0. The highest BCUT2D eigenvalue weighted by atomic mass is 35.5. The quantitative estimate of drug-likeness (QED) is 0.867. The van der Waals surface area contributed by atoms with Gasteiger partial charge in [-0.2, -0.15) is 0 Å². The molecular weight excluding hydrogens is 288 g/mol. The van der Waals surface area contributed by atoms with Gasteiger partial charge in [-0.3, -0.25) is 4.79 Å². The summed E-state index contributed by atoms with van der Waals surface area (Å²) in [4.78, 5) is 18.2. The van der Waals surface area contributed by atoms with E-state index in [2.05, 4.69) is 4.98 Å². The standard InChI is InChI=1S/C16H15ClN2O2/c17-13-5-8-15(18-11-13)21-14-6-3-12(4-7-14)16(20)19-9-1-2-10-19/h3-8,11H,1-2,9-10H2. The van der Waals surface area contributed by atoms with Crippen molar-refractivity contribution in [1.82, 2.24) is 9.88 Å². The third kappa shape index (κ3) is 3.34. The Balaban J connectivity index is 1.68. The zero-order valence-corrected chi connectivity index (χ0v) is 12.2. The molecule has 1 aromatic heterocycles. The van der Waals surface area contributed by atoms with Gasteiger partial charge >= 0.3 is 0 Å². The number of likely N-dealkylation sites (tertiary alicyclic amines) is 1. The number of ether oxygens (including phenoxy) is 1. The first-order valence-corrected chi connectivity index (χ1v) is 7.29. The zero-order valence-electron chi connectivity index (χ0n) is 11.5. The van der Waals surface area contributed by atoms with Gasteiger partial charge in [0.05, 0.1) is 5.02 Å². The van der Waals surface area contributed by atoms with Crippen molar-refractivity contribution in [3.05, 3.63) is 53.2 Å². The van der Waals surface area contributed by atoms with Crippen molar-refractivity contribution >= 4 is 17.5 Å². The van der Waals surface area contributed by atoms with Crippen molar-refractivity contribution in [2.45, 2.75) is 12.8 Å². The number of aromatic nitrogens is 1. The summed E-state index contributed by atoms with van der Waals surface area (Å²) < 4.78 is 5.60. The van der Waals surface area contributed by atoms with E-state index in [0.29, 0.717) is 22.2 Å². The van der Waals surface area contributed by atoms with Gasteiger partial charge in [0.25, 0.3) is 5.91 Å². The highest BCUT2D eigenvalue weighted by Crippen LogP contribution is 2.22. The summed E-state index contributed by atoms with van der Waals surface area (Å²) in [6.07, 6.45) is 3.71. The zero-order chi connectivity index (χ0) is 14.7. The van der Waals surface area contributed by atoms with E-state index in [9.17, 15) is 4.79 Å². The SMILES string of the molecule is O=C(c1ccc(Oc2ccc(Cl)cn2)cc1)N1CCCC1. The molecule has 3 rings (SSSR count). The van der Waals surface area contributed by atoms with Gasteiger partial charge < -0.3 is 9.64 Å². The number of pyridine rings is 1. The van der Waals surface area contributed by atoms with Crippen LogP contribution in [0.25, 0.3) is 0 Å². The third-order valence-electron chi connectivity index (χ3n) is 3.42. The molecule has 0 spiro atoms. The van der Waals surface area contributed by atoms with Gasteiger partial charge in [0.1, 0.15) is 5.75 Å². The van der Waals surface area contributed by atoms with Gasteiger partial charge in [0.15, 0.2) is 0 Å². The van der Waals surface area contributed by atoms with Crippen LogP contribution in [-0.2, 0) is 0 Å². The van der Waals surface area contributed by atoms with Crippen molar-refractivity contribution in [3.8, 4) is 11.6 Å². The number of rotatable bonds is 3. The van der Waals surface area contributed by atoms with Crippen LogP contribution in [-0.4, -0.2) is 28.9 Å². The molecule has 0 unspecified atom stereocenters. The summed E-state index contributed by atoms with van der Waals surface area (Å²) in [7, 11) is 0. The monoisotopic (exact) mass is 302 g/mol. The lowest BCUT2D eigenvalue weighted by atomic mass is 10.2. The maximum Gasteiger partial charge on any atom is 0.253 e. The van der Waals surface area contributed by atoms with E-state index in [1.165, 1.54) is 6.20 Å². The number of carbonyl (C=O) groups excluding carboxylic acids is 1. The Morgan fingerprint density at radius 1 is 1.10 bits per heavy atom. The van der Waals surface area contributed by atoms with Crippen LogP contribution in [0, 0.1) is 0 Å². The number of benzene rings is 1. The molecule has 4 nitrogen and oxygen atoms in total. The first-order valence-electron chi connectivity index (χ1n) is 6.91. The molecule has 1 aromatic carbocycles. The molecule has 0 saturated carbocycles. The molecule has 1 saturated heterocycles. The minimum Gasteiger partial charge on any atom is -0.439 e. The molecular formula is C16H15ClN2O2. The average molecular weight is 303 g/mol. The summed E-state index contributed by atoms with van der Waals surface area (Å²) in [5.41, 5.74) is 0.688. The molecule has 0 bridgehead atoms. The van der Waals surface area contributed by atoms with Crippen molar-refractivity contribution in [2.24, 2.45) is 0 Å². The molecule has 2 heterocycles. The van der Waals surface area contributed by atoms with Gasteiger partial charge in [0.2, 0.25) is 5.88 Å². The first kappa shape index (κ1) is 13.9. The lowest BCUT2D eigenvalue weighted by Gasteiger charge is -2.15. The van der Waals surface area contributed by atoms with Crippen LogP contribution < -0.4 is 4.74 Å². The normalized spacial score (nSPS) is 14.2. The summed E-state index contributed by atoms with van der Waals surface area (Å²) >= 11 is 5.77. The second kappa shape index (κ2) is 6.14. The van der Waals surface area contributed by atoms with Gasteiger partial charge in [-0.05, 0) is 43.2 Å². The Labute approximate surface area is 128 Å². The first-order chi connectivity index (χ1) is 10.2. The smallest absolute Gasteiger partial charge is 0.253 e. The van der Waals surface area contributed by atoms with Crippen molar-refractivity contribution in [3.63, 3.8) is 0 Å². The molecule has 0 aliphatic carbocycles. The van der Waals surface area contributed by atoms with Crippen molar-refractivity contribution in [1.29, 1.82) is 0 Å². The van der Waals surface area contributed by atoms with E-state index in [4.69, 9.17) is 16.3 Å². The lowest BCUT2D eigenvalue weighted by Crippen LogP contribution is -2.27. The molecule has 0 atom stereocenters. The topological polar surface area (TPSA) is 42.4 Å². The van der Waals surface area contributed by atoms with E-state index >= 15 is 0 Å². The van der Waals surface area contributed by atoms with Crippen LogP contribution in [0.4, 0.5) is 0 Å². The lowest BCUT2D eigenvalue weighted by molar-refractivity contribution is 0.0793. The largest absolute Gasteiger partial charge is 0.439 e. The Morgan fingerprint density at radius 3 is 2.43 bits per heavy atom. The summed E-state index contributed by atoms with van der Waals surface area (Å²) in [5.74, 6) is 1.20. The Hall–Kier alpha value is -2.07. The molecule has 1 aliphatic heterocycles. The summed E-state index contributed by atoms with van der Waals surface area (Å²) in [5, 5.41) is 0.564. The number of carbonyl (C=O) groups is 1. The van der Waals surface area contributed by atoms with Crippen LogP contribution in [0.1, 0.15) is 23.2 Å². The van der Waals surface area contributed by atoms with Gasteiger partial charge in [-0.25, -0.2) is 4.98 Å². The minimum atomic E-state index is 0.0867. The van der Waals surface area contributed by atoms with Crippen LogP contribution >= 0.6 is 11.6 Å². The Kier molecular flexibility index (Phi) is 4.06. The number of nitrogens with zero attached hydrogens (tertiary/aromatic N) is 2. The average Bonchev–Trinajstić information content (AvgIpc) is 3.04. The van der Waals surface area contributed by atoms with Crippen LogP contribution in [0.2, 0.25) is 5.02 Å². The third-order valence-corrected chi connectivity index (χ3v) is 3.64. The molecule has 2 aromatic rings. The predicted molar refractivity (Wildman–Crippen MR) is 80.9 cm³/mol. The minimum absolute atomic E-state index is 0.0867. The Morgan fingerprint density at radius 2 is 1.81 bits per heavy atom. The second-order valence-electron chi connectivity index (χ2n) is 4.94.